The molecular weight excluding hydrogens is 330 g/mol. The molecule has 1 aromatic heterocycles. The molecule has 0 aliphatic rings. The summed E-state index contributed by atoms with van der Waals surface area (Å²) in [5.74, 6) is 0.0932. The summed E-state index contributed by atoms with van der Waals surface area (Å²) in [5, 5.41) is 6.74. The van der Waals surface area contributed by atoms with Gasteiger partial charge in [0.2, 0.25) is 11.7 Å². The quantitative estimate of drug-likeness (QED) is 0.660. The summed E-state index contributed by atoms with van der Waals surface area (Å²) in [7, 11) is 0. The van der Waals surface area contributed by atoms with E-state index in [1.807, 2.05) is 42.2 Å². The summed E-state index contributed by atoms with van der Waals surface area (Å²) in [5.41, 5.74) is 1.54. The predicted molar refractivity (Wildman–Crippen MR) is 101 cm³/mol. The molecule has 140 valence electrons. The first kappa shape index (κ1) is 19.7. The Balaban J connectivity index is 1.71. The van der Waals surface area contributed by atoms with Crippen LogP contribution in [0.1, 0.15) is 50.1 Å². The van der Waals surface area contributed by atoms with Crippen LogP contribution in [-0.2, 0) is 4.79 Å². The first-order valence-electron chi connectivity index (χ1n) is 9.23. The molecule has 6 nitrogen and oxygen atoms in total. The maximum absolute atomic E-state index is 12.1. The Labute approximate surface area is 154 Å². The fourth-order valence-corrected chi connectivity index (χ4v) is 2.70. The highest BCUT2D eigenvalue weighted by molar-refractivity contribution is 5.92. The van der Waals surface area contributed by atoms with E-state index in [9.17, 15) is 9.59 Å². The molecule has 1 heterocycles. The Bertz CT molecular complexity index is 697. The summed E-state index contributed by atoms with van der Waals surface area (Å²) in [4.78, 5) is 26.0. The maximum atomic E-state index is 12.1. The van der Waals surface area contributed by atoms with E-state index in [2.05, 4.69) is 17.4 Å². The third-order valence-electron chi connectivity index (χ3n) is 4.13. The van der Waals surface area contributed by atoms with Gasteiger partial charge >= 0.3 is 0 Å². The number of nitrogens with zero attached hydrogens (tertiary/aromatic N) is 2. The molecule has 0 aliphatic heterocycles. The fraction of sp³-hybridized carbons (Fsp3) is 0.450. The Hall–Kier alpha value is -2.63. The lowest BCUT2D eigenvalue weighted by Gasteiger charge is -2.19. The van der Waals surface area contributed by atoms with Gasteiger partial charge in [0.15, 0.2) is 0 Å². The minimum Gasteiger partial charge on any atom is -0.350 e. The first-order chi connectivity index (χ1) is 12.7. The molecule has 2 aromatic rings. The van der Waals surface area contributed by atoms with Gasteiger partial charge in [0.25, 0.3) is 5.91 Å². The third kappa shape index (κ3) is 5.72. The second kappa shape index (κ2) is 10.4. The number of amides is 2. The molecule has 1 N–H and O–H groups in total. The van der Waals surface area contributed by atoms with Gasteiger partial charge in [-0.05, 0) is 26.2 Å². The number of hydrogen-bond acceptors (Lipinski definition) is 4. The highest BCUT2D eigenvalue weighted by Gasteiger charge is 2.14. The van der Waals surface area contributed by atoms with Gasteiger partial charge in [-0.25, -0.2) is 0 Å². The van der Waals surface area contributed by atoms with Crippen LogP contribution in [0.3, 0.4) is 0 Å². The van der Waals surface area contributed by atoms with Gasteiger partial charge in [0, 0.05) is 37.7 Å². The van der Waals surface area contributed by atoms with E-state index < -0.39 is 0 Å². The van der Waals surface area contributed by atoms with E-state index in [1.165, 1.54) is 0 Å². The number of nitrogens with one attached hydrogen (secondary N) is 1. The van der Waals surface area contributed by atoms with Gasteiger partial charge in [-0.3, -0.25) is 9.59 Å². The number of rotatable bonds is 10. The predicted octanol–water partition coefficient (Wildman–Crippen LogP) is 3.50. The lowest BCUT2D eigenvalue weighted by atomic mass is 10.1. The number of benzene rings is 1. The molecule has 0 aliphatic carbocycles. The second-order valence-corrected chi connectivity index (χ2v) is 6.13. The third-order valence-corrected chi connectivity index (χ3v) is 4.13. The van der Waals surface area contributed by atoms with E-state index in [-0.39, 0.29) is 17.6 Å². The highest BCUT2D eigenvalue weighted by atomic mass is 16.5. The Kier molecular flexibility index (Phi) is 7.86. The van der Waals surface area contributed by atoms with Crippen molar-refractivity contribution in [3.05, 3.63) is 42.2 Å². The lowest BCUT2D eigenvalue weighted by Crippen LogP contribution is -2.31. The molecule has 0 fully saturated rings. The number of unbranched alkanes of at least 4 members (excludes halogenated alkanes) is 1. The van der Waals surface area contributed by atoms with Crippen LogP contribution in [0, 0.1) is 0 Å². The number of aromatic nitrogens is 1. The van der Waals surface area contributed by atoms with Crippen molar-refractivity contribution in [3.63, 3.8) is 0 Å². The molecule has 0 spiro atoms. The van der Waals surface area contributed by atoms with Gasteiger partial charge in [-0.15, -0.1) is 0 Å². The van der Waals surface area contributed by atoms with E-state index in [1.54, 1.807) is 6.07 Å². The van der Waals surface area contributed by atoms with Crippen molar-refractivity contribution >= 4 is 11.8 Å². The Morgan fingerprint density at radius 3 is 2.62 bits per heavy atom. The lowest BCUT2D eigenvalue weighted by molar-refractivity contribution is -0.131. The minimum absolute atomic E-state index is 0.184. The molecule has 26 heavy (non-hydrogen) atoms. The average Bonchev–Trinajstić information content (AvgIpc) is 3.16. The molecule has 2 rings (SSSR count). The van der Waals surface area contributed by atoms with Crippen molar-refractivity contribution in [2.75, 3.05) is 19.6 Å². The Morgan fingerprint density at radius 2 is 1.92 bits per heavy atom. The molecule has 1 aromatic carbocycles. The number of carbonyl (C=O) groups excluding carboxylic acids is 2. The molecule has 2 amide bonds. The van der Waals surface area contributed by atoms with Crippen molar-refractivity contribution in [2.45, 2.75) is 39.5 Å². The van der Waals surface area contributed by atoms with E-state index in [0.717, 1.165) is 37.9 Å². The van der Waals surface area contributed by atoms with Gasteiger partial charge < -0.3 is 14.7 Å². The highest BCUT2D eigenvalue weighted by Crippen LogP contribution is 2.18. The van der Waals surface area contributed by atoms with Crippen LogP contribution in [0.2, 0.25) is 0 Å². The second-order valence-electron chi connectivity index (χ2n) is 6.13. The molecule has 0 saturated carbocycles. The van der Waals surface area contributed by atoms with Crippen molar-refractivity contribution in [1.29, 1.82) is 0 Å². The SMILES string of the molecule is CCCN(CC)C(=O)CCCCNC(=O)c1cc(-c2ccccc2)no1. The zero-order valence-corrected chi connectivity index (χ0v) is 15.5. The van der Waals surface area contributed by atoms with Crippen molar-refractivity contribution in [3.8, 4) is 11.3 Å². The topological polar surface area (TPSA) is 75.4 Å². The van der Waals surface area contributed by atoms with Crippen LogP contribution < -0.4 is 5.32 Å². The van der Waals surface area contributed by atoms with E-state index in [0.29, 0.717) is 18.7 Å². The van der Waals surface area contributed by atoms with Crippen LogP contribution in [0.5, 0.6) is 0 Å². The van der Waals surface area contributed by atoms with Crippen LogP contribution >= 0.6 is 0 Å². The van der Waals surface area contributed by atoms with Crippen LogP contribution in [0.25, 0.3) is 11.3 Å². The smallest absolute Gasteiger partial charge is 0.289 e. The molecule has 0 atom stereocenters. The van der Waals surface area contributed by atoms with Gasteiger partial charge in [-0.2, -0.15) is 0 Å². The van der Waals surface area contributed by atoms with Crippen LogP contribution in [0.15, 0.2) is 40.9 Å². The largest absolute Gasteiger partial charge is 0.350 e. The summed E-state index contributed by atoms with van der Waals surface area (Å²) in [6.45, 7) is 6.13. The van der Waals surface area contributed by atoms with Crippen LogP contribution in [-0.4, -0.2) is 41.5 Å². The fourth-order valence-electron chi connectivity index (χ4n) is 2.70. The monoisotopic (exact) mass is 357 g/mol. The molecular formula is C20H27N3O3. The normalized spacial score (nSPS) is 10.5. The molecule has 6 heteroatoms. The Morgan fingerprint density at radius 1 is 1.15 bits per heavy atom. The first-order valence-corrected chi connectivity index (χ1v) is 9.23. The summed E-state index contributed by atoms with van der Waals surface area (Å²) < 4.78 is 5.13. The van der Waals surface area contributed by atoms with Gasteiger partial charge in [-0.1, -0.05) is 42.4 Å². The van der Waals surface area contributed by atoms with E-state index >= 15 is 0 Å². The van der Waals surface area contributed by atoms with E-state index in [4.69, 9.17) is 4.52 Å². The average molecular weight is 357 g/mol. The van der Waals surface area contributed by atoms with Crippen molar-refractivity contribution in [2.24, 2.45) is 0 Å². The number of carbonyl (C=O) groups is 2. The molecule has 0 radical (unpaired) electrons. The zero-order chi connectivity index (χ0) is 18.8. The number of hydrogen-bond donors (Lipinski definition) is 1. The van der Waals surface area contributed by atoms with Crippen molar-refractivity contribution < 1.29 is 14.1 Å². The molecule has 0 unspecified atom stereocenters. The van der Waals surface area contributed by atoms with Gasteiger partial charge in [0.1, 0.15) is 5.69 Å². The summed E-state index contributed by atoms with van der Waals surface area (Å²) in [6.07, 6.45) is 2.99. The molecule has 0 bridgehead atoms. The van der Waals surface area contributed by atoms with Gasteiger partial charge in [0.05, 0.1) is 0 Å². The summed E-state index contributed by atoms with van der Waals surface area (Å²) >= 11 is 0. The van der Waals surface area contributed by atoms with Crippen molar-refractivity contribution in [1.82, 2.24) is 15.4 Å². The maximum Gasteiger partial charge on any atom is 0.289 e. The summed E-state index contributed by atoms with van der Waals surface area (Å²) in [6, 6.07) is 11.2. The standard InChI is InChI=1S/C20H27N3O3/c1-3-14-23(4-2)19(24)12-8-9-13-21-20(25)18-15-17(22-26-18)16-10-6-5-7-11-16/h5-7,10-11,15H,3-4,8-9,12-14H2,1-2H3,(H,21,25). The minimum atomic E-state index is -0.285. The zero-order valence-electron chi connectivity index (χ0n) is 15.5. The molecule has 0 saturated heterocycles. The van der Waals surface area contributed by atoms with Crippen LogP contribution in [0.4, 0.5) is 0 Å².